The van der Waals surface area contributed by atoms with Crippen LogP contribution in [0.3, 0.4) is 0 Å². The van der Waals surface area contributed by atoms with Crippen LogP contribution in [-0.4, -0.2) is 16.1 Å². The summed E-state index contributed by atoms with van der Waals surface area (Å²) in [6, 6.07) is 4.53. The molecule has 21 heavy (non-hydrogen) atoms. The molecule has 0 unspecified atom stereocenters. The highest BCUT2D eigenvalue weighted by Gasteiger charge is 2.18. The Bertz CT molecular complexity index is 849. The van der Waals surface area contributed by atoms with Crippen molar-refractivity contribution in [3.05, 3.63) is 47.0 Å². The highest BCUT2D eigenvalue weighted by atomic mass is 32.1. The molecule has 0 saturated heterocycles. The van der Waals surface area contributed by atoms with Gasteiger partial charge in [-0.25, -0.2) is 8.78 Å². The lowest BCUT2D eigenvalue weighted by Gasteiger charge is -2.05. The van der Waals surface area contributed by atoms with Gasteiger partial charge in [-0.1, -0.05) is 0 Å². The molecule has 0 bridgehead atoms. The lowest BCUT2D eigenvalue weighted by molar-refractivity contribution is 0.103. The first-order valence-corrected chi connectivity index (χ1v) is 6.64. The number of hydrogen-bond acceptors (Lipinski definition) is 5. The molecule has 8 heteroatoms. The van der Waals surface area contributed by atoms with E-state index in [0.717, 1.165) is 23.5 Å². The number of benzene rings is 1. The molecule has 3 N–H and O–H groups in total. The summed E-state index contributed by atoms with van der Waals surface area (Å²) in [5.41, 5.74) is 6.02. The Hall–Kier alpha value is -2.61. The summed E-state index contributed by atoms with van der Waals surface area (Å²) in [6.45, 7) is 0. The van der Waals surface area contributed by atoms with Gasteiger partial charge in [-0.15, -0.1) is 16.4 Å². The number of nitrogens with one attached hydrogen (secondary N) is 1. The standard InChI is InChI=1S/C13H8F2N4OS/c14-6-1-2-9(8(15)5-6)18-12(20)11-10(16)7-3-4-17-19-13(7)21-11/h1-5H,16H2,(H,18,20). The number of anilines is 2. The van der Waals surface area contributed by atoms with Crippen molar-refractivity contribution in [2.45, 2.75) is 0 Å². The predicted octanol–water partition coefficient (Wildman–Crippen LogP) is 2.80. The first-order chi connectivity index (χ1) is 10.1. The van der Waals surface area contributed by atoms with Crippen LogP contribution in [0.4, 0.5) is 20.2 Å². The number of amides is 1. The number of fused-ring (bicyclic) bond motifs is 1. The zero-order valence-corrected chi connectivity index (χ0v) is 11.2. The van der Waals surface area contributed by atoms with Gasteiger partial charge in [-0.05, 0) is 18.2 Å². The maximum atomic E-state index is 13.5. The van der Waals surface area contributed by atoms with E-state index in [1.54, 1.807) is 6.07 Å². The Morgan fingerprint density at radius 1 is 1.29 bits per heavy atom. The second kappa shape index (κ2) is 5.06. The van der Waals surface area contributed by atoms with Gasteiger partial charge in [0.1, 0.15) is 21.3 Å². The molecular weight excluding hydrogens is 298 g/mol. The summed E-state index contributed by atoms with van der Waals surface area (Å²) in [5.74, 6) is -2.16. The first-order valence-electron chi connectivity index (χ1n) is 5.82. The van der Waals surface area contributed by atoms with Gasteiger partial charge in [0.15, 0.2) is 0 Å². The minimum absolute atomic E-state index is 0.121. The minimum Gasteiger partial charge on any atom is -0.397 e. The quantitative estimate of drug-likeness (QED) is 0.763. The van der Waals surface area contributed by atoms with Crippen molar-refractivity contribution in [2.75, 3.05) is 11.1 Å². The minimum atomic E-state index is -0.858. The van der Waals surface area contributed by atoms with Crippen molar-refractivity contribution < 1.29 is 13.6 Å². The van der Waals surface area contributed by atoms with Gasteiger partial charge >= 0.3 is 0 Å². The fourth-order valence-electron chi connectivity index (χ4n) is 1.81. The second-order valence-corrected chi connectivity index (χ2v) is 5.17. The molecule has 1 amide bonds. The molecular formula is C13H8F2N4OS. The number of aromatic nitrogens is 2. The van der Waals surface area contributed by atoms with E-state index < -0.39 is 17.5 Å². The van der Waals surface area contributed by atoms with E-state index >= 15 is 0 Å². The van der Waals surface area contributed by atoms with Gasteiger partial charge in [0.05, 0.1) is 17.6 Å². The number of rotatable bonds is 2. The molecule has 3 aromatic rings. The van der Waals surface area contributed by atoms with Crippen LogP contribution < -0.4 is 11.1 Å². The fraction of sp³-hybridized carbons (Fsp3) is 0. The molecule has 1 aromatic carbocycles. The molecule has 0 aliphatic heterocycles. The van der Waals surface area contributed by atoms with Crippen LogP contribution in [0.25, 0.3) is 10.2 Å². The van der Waals surface area contributed by atoms with Crippen molar-refractivity contribution >= 4 is 38.8 Å². The van der Waals surface area contributed by atoms with Gasteiger partial charge in [0.25, 0.3) is 5.91 Å². The van der Waals surface area contributed by atoms with Crippen molar-refractivity contribution in [3.8, 4) is 0 Å². The fourth-order valence-corrected chi connectivity index (χ4v) is 2.74. The molecule has 0 spiro atoms. The number of carbonyl (C=O) groups excluding carboxylic acids is 1. The van der Waals surface area contributed by atoms with Crippen LogP contribution in [0.2, 0.25) is 0 Å². The Morgan fingerprint density at radius 2 is 2.10 bits per heavy atom. The maximum absolute atomic E-state index is 13.5. The van der Waals surface area contributed by atoms with Gasteiger partial charge < -0.3 is 11.1 Å². The van der Waals surface area contributed by atoms with Crippen LogP contribution >= 0.6 is 11.3 Å². The number of carbonyl (C=O) groups is 1. The monoisotopic (exact) mass is 306 g/mol. The SMILES string of the molecule is Nc1c(C(=O)Nc2ccc(F)cc2F)sc2nnccc12. The average Bonchev–Trinajstić information content (AvgIpc) is 2.80. The zero-order chi connectivity index (χ0) is 15.0. The van der Waals surface area contributed by atoms with Crippen LogP contribution in [-0.2, 0) is 0 Å². The molecule has 5 nitrogen and oxygen atoms in total. The lowest BCUT2D eigenvalue weighted by atomic mass is 10.2. The van der Waals surface area contributed by atoms with Crippen LogP contribution in [0.15, 0.2) is 30.5 Å². The van der Waals surface area contributed by atoms with E-state index in [-0.39, 0.29) is 16.3 Å². The van der Waals surface area contributed by atoms with Crippen LogP contribution in [0.5, 0.6) is 0 Å². The normalized spacial score (nSPS) is 10.8. The summed E-state index contributed by atoms with van der Waals surface area (Å²) < 4.78 is 26.4. The third-order valence-corrected chi connectivity index (χ3v) is 3.91. The number of nitrogens with two attached hydrogens (primary N) is 1. The highest BCUT2D eigenvalue weighted by molar-refractivity contribution is 7.21. The largest absolute Gasteiger partial charge is 0.397 e. The number of thiophene rings is 1. The average molecular weight is 306 g/mol. The van der Waals surface area contributed by atoms with E-state index in [9.17, 15) is 13.6 Å². The van der Waals surface area contributed by atoms with Crippen molar-refractivity contribution in [1.82, 2.24) is 10.2 Å². The summed E-state index contributed by atoms with van der Waals surface area (Å²) in [6.07, 6.45) is 1.47. The van der Waals surface area contributed by atoms with Gasteiger partial charge in [0.2, 0.25) is 0 Å². The molecule has 0 radical (unpaired) electrons. The van der Waals surface area contributed by atoms with E-state index in [1.807, 2.05) is 0 Å². The summed E-state index contributed by atoms with van der Waals surface area (Å²) in [4.78, 5) is 12.9. The molecule has 0 aliphatic carbocycles. The Labute approximate surface area is 121 Å². The smallest absolute Gasteiger partial charge is 0.268 e. The van der Waals surface area contributed by atoms with Gasteiger partial charge in [-0.2, -0.15) is 5.10 Å². The molecule has 0 atom stereocenters. The van der Waals surface area contributed by atoms with Crippen LogP contribution in [0, 0.1) is 11.6 Å². The molecule has 2 aromatic heterocycles. The molecule has 3 rings (SSSR count). The molecule has 0 fully saturated rings. The zero-order valence-electron chi connectivity index (χ0n) is 10.4. The number of nitrogen functional groups attached to an aromatic ring is 1. The van der Waals surface area contributed by atoms with Crippen molar-refractivity contribution in [1.29, 1.82) is 0 Å². The van der Waals surface area contributed by atoms with Crippen molar-refractivity contribution in [3.63, 3.8) is 0 Å². The predicted molar refractivity (Wildman–Crippen MR) is 76.1 cm³/mol. The molecule has 0 saturated carbocycles. The Kier molecular flexibility index (Phi) is 3.22. The molecule has 2 heterocycles. The van der Waals surface area contributed by atoms with E-state index in [0.29, 0.717) is 16.3 Å². The highest BCUT2D eigenvalue weighted by Crippen LogP contribution is 2.32. The number of nitrogens with zero attached hydrogens (tertiary/aromatic N) is 2. The van der Waals surface area contributed by atoms with Crippen molar-refractivity contribution in [2.24, 2.45) is 0 Å². The van der Waals surface area contributed by atoms with E-state index in [4.69, 9.17) is 5.73 Å². The summed E-state index contributed by atoms with van der Waals surface area (Å²) in [7, 11) is 0. The third-order valence-electron chi connectivity index (χ3n) is 2.81. The van der Waals surface area contributed by atoms with E-state index in [2.05, 4.69) is 15.5 Å². The summed E-state index contributed by atoms with van der Waals surface area (Å²) in [5, 5.41) is 10.5. The maximum Gasteiger partial charge on any atom is 0.268 e. The Balaban J connectivity index is 1.95. The number of hydrogen-bond donors (Lipinski definition) is 2. The topological polar surface area (TPSA) is 80.9 Å². The first kappa shape index (κ1) is 13.4. The third kappa shape index (κ3) is 2.40. The molecule has 106 valence electrons. The van der Waals surface area contributed by atoms with Crippen LogP contribution in [0.1, 0.15) is 9.67 Å². The molecule has 0 aliphatic rings. The lowest BCUT2D eigenvalue weighted by Crippen LogP contribution is -2.13. The number of halogens is 2. The van der Waals surface area contributed by atoms with E-state index in [1.165, 1.54) is 6.20 Å². The van der Waals surface area contributed by atoms with Gasteiger partial charge in [-0.3, -0.25) is 4.79 Å². The Morgan fingerprint density at radius 3 is 2.81 bits per heavy atom. The summed E-state index contributed by atoms with van der Waals surface area (Å²) >= 11 is 1.05. The second-order valence-electron chi connectivity index (χ2n) is 4.17. The van der Waals surface area contributed by atoms with Gasteiger partial charge in [0, 0.05) is 11.5 Å².